The number of amidine groups is 1. The Morgan fingerprint density at radius 2 is 1.82 bits per heavy atom. The molecule has 3 rings (SSSR count). The van der Waals surface area contributed by atoms with Crippen molar-refractivity contribution in [3.8, 4) is 0 Å². The Bertz CT molecular complexity index is 804. The van der Waals surface area contributed by atoms with Crippen LogP contribution in [0.5, 0.6) is 0 Å². The minimum absolute atomic E-state index is 0.189. The molecule has 0 aliphatic carbocycles. The van der Waals surface area contributed by atoms with Gasteiger partial charge in [0.15, 0.2) is 0 Å². The number of rotatable bonds is 2. The number of nitrogens with one attached hydrogen (secondary N) is 1. The van der Waals surface area contributed by atoms with Crippen LogP contribution in [0.3, 0.4) is 0 Å². The average molecular weight is 311 g/mol. The van der Waals surface area contributed by atoms with Crippen molar-refractivity contribution in [1.29, 1.82) is 0 Å². The Hall–Kier alpha value is -2.39. The predicted molar refractivity (Wildman–Crippen MR) is 90.0 cm³/mol. The largest absolute Gasteiger partial charge is 0.305 e. The third-order valence-corrected chi connectivity index (χ3v) is 3.79. The molecule has 2 aromatic rings. The van der Waals surface area contributed by atoms with Crippen molar-refractivity contribution < 1.29 is 4.79 Å². The first-order valence-electron chi connectivity index (χ1n) is 6.98. The molecular weight excluding hydrogens is 296 g/mol. The molecule has 1 amide bonds. The highest BCUT2D eigenvalue weighted by Crippen LogP contribution is 2.19. The van der Waals surface area contributed by atoms with E-state index in [1.165, 1.54) is 0 Å². The molecule has 0 bridgehead atoms. The van der Waals surface area contributed by atoms with Crippen molar-refractivity contribution >= 4 is 29.4 Å². The average Bonchev–Trinajstić information content (AvgIpc) is 2.85. The van der Waals surface area contributed by atoms with E-state index in [1.807, 2.05) is 44.2 Å². The summed E-state index contributed by atoms with van der Waals surface area (Å²) in [6, 6.07) is 13.4. The molecule has 0 fully saturated rings. The summed E-state index contributed by atoms with van der Waals surface area (Å²) in [4.78, 5) is 16.5. The molecule has 22 heavy (non-hydrogen) atoms. The van der Waals surface area contributed by atoms with Gasteiger partial charge in [-0.3, -0.25) is 4.79 Å². The molecule has 3 nitrogen and oxygen atoms in total. The molecule has 1 heterocycles. The first kappa shape index (κ1) is 14.5. The predicted octanol–water partition coefficient (Wildman–Crippen LogP) is 3.87. The van der Waals surface area contributed by atoms with Crippen LogP contribution in [0.2, 0.25) is 5.02 Å². The summed E-state index contributed by atoms with van der Waals surface area (Å²) in [7, 11) is 0. The third-order valence-electron chi connectivity index (χ3n) is 3.54. The fourth-order valence-electron chi connectivity index (χ4n) is 2.28. The Morgan fingerprint density at radius 3 is 2.55 bits per heavy atom. The molecule has 1 N–H and O–H groups in total. The number of carbonyl (C=O) groups excluding carboxylic acids is 1. The maximum absolute atomic E-state index is 12.1. The molecule has 0 unspecified atom stereocenters. The van der Waals surface area contributed by atoms with Crippen LogP contribution in [0.25, 0.3) is 6.08 Å². The zero-order valence-corrected chi connectivity index (χ0v) is 13.1. The Labute approximate surface area is 134 Å². The minimum atomic E-state index is -0.189. The smallest absolute Gasteiger partial charge is 0.275 e. The van der Waals surface area contributed by atoms with Gasteiger partial charge in [-0.1, -0.05) is 35.4 Å². The van der Waals surface area contributed by atoms with Gasteiger partial charge < -0.3 is 5.32 Å². The SMILES string of the molecule is Cc1ccc(C)c(/C=C2/N=C(c3ccc(Cl)cc3)NC2=O)c1. The van der Waals surface area contributed by atoms with Crippen LogP contribution in [0, 0.1) is 13.8 Å². The number of halogens is 1. The number of aryl methyl sites for hydroxylation is 2. The van der Waals surface area contributed by atoms with Gasteiger partial charge in [0.05, 0.1) is 0 Å². The van der Waals surface area contributed by atoms with Crippen LogP contribution in [0.1, 0.15) is 22.3 Å². The van der Waals surface area contributed by atoms with Crippen molar-refractivity contribution in [2.75, 3.05) is 0 Å². The third kappa shape index (κ3) is 2.95. The second kappa shape index (κ2) is 5.78. The molecule has 0 saturated carbocycles. The molecule has 0 aromatic heterocycles. The molecule has 110 valence electrons. The van der Waals surface area contributed by atoms with Crippen molar-refractivity contribution in [2.45, 2.75) is 13.8 Å². The highest BCUT2D eigenvalue weighted by Gasteiger charge is 2.21. The van der Waals surface area contributed by atoms with Gasteiger partial charge in [-0.05, 0) is 55.3 Å². The van der Waals surface area contributed by atoms with Gasteiger partial charge in [0.25, 0.3) is 5.91 Å². The van der Waals surface area contributed by atoms with Gasteiger partial charge in [-0.15, -0.1) is 0 Å². The molecule has 0 spiro atoms. The van der Waals surface area contributed by atoms with Crippen LogP contribution in [0.15, 0.2) is 53.2 Å². The number of hydrogen-bond acceptors (Lipinski definition) is 2. The zero-order valence-electron chi connectivity index (χ0n) is 12.4. The van der Waals surface area contributed by atoms with E-state index in [-0.39, 0.29) is 5.91 Å². The van der Waals surface area contributed by atoms with Crippen LogP contribution >= 0.6 is 11.6 Å². The Kier molecular flexibility index (Phi) is 3.82. The fourth-order valence-corrected chi connectivity index (χ4v) is 2.40. The van der Waals surface area contributed by atoms with E-state index in [0.717, 1.165) is 22.3 Å². The lowest BCUT2D eigenvalue weighted by Crippen LogP contribution is -2.24. The molecule has 1 aliphatic rings. The lowest BCUT2D eigenvalue weighted by atomic mass is 10.0. The molecule has 1 aliphatic heterocycles. The summed E-state index contributed by atoms with van der Waals surface area (Å²) in [6.45, 7) is 4.04. The highest BCUT2D eigenvalue weighted by molar-refractivity contribution is 6.30. The second-order valence-corrected chi connectivity index (χ2v) is 5.75. The minimum Gasteiger partial charge on any atom is -0.305 e. The van der Waals surface area contributed by atoms with E-state index in [1.54, 1.807) is 12.1 Å². The van der Waals surface area contributed by atoms with E-state index in [9.17, 15) is 4.79 Å². The fraction of sp³-hybridized carbons (Fsp3) is 0.111. The standard InChI is InChI=1S/C18H15ClN2O/c1-11-3-4-12(2)14(9-11)10-16-18(22)21-17(20-16)13-5-7-15(19)8-6-13/h3-10H,1-2H3,(H,20,21,22)/b16-10+. The van der Waals surface area contributed by atoms with E-state index >= 15 is 0 Å². The Balaban J connectivity index is 1.97. The number of hydrogen-bond donors (Lipinski definition) is 1. The maximum atomic E-state index is 12.1. The van der Waals surface area contributed by atoms with Crippen LogP contribution in [-0.2, 0) is 4.79 Å². The number of nitrogens with zero attached hydrogens (tertiary/aromatic N) is 1. The maximum Gasteiger partial charge on any atom is 0.275 e. The number of amides is 1. The van der Waals surface area contributed by atoms with Gasteiger partial charge in [0.1, 0.15) is 11.5 Å². The molecular formula is C18H15ClN2O. The van der Waals surface area contributed by atoms with Crippen LogP contribution in [0.4, 0.5) is 0 Å². The second-order valence-electron chi connectivity index (χ2n) is 5.31. The summed E-state index contributed by atoms with van der Waals surface area (Å²) in [5.41, 5.74) is 4.52. The monoisotopic (exact) mass is 310 g/mol. The quantitative estimate of drug-likeness (QED) is 0.840. The Morgan fingerprint density at radius 1 is 1.09 bits per heavy atom. The summed E-state index contributed by atoms with van der Waals surface area (Å²) in [5, 5.41) is 3.45. The van der Waals surface area contributed by atoms with Crippen molar-refractivity contribution in [3.63, 3.8) is 0 Å². The topological polar surface area (TPSA) is 41.5 Å². The number of carbonyl (C=O) groups is 1. The van der Waals surface area contributed by atoms with Crippen molar-refractivity contribution in [2.24, 2.45) is 4.99 Å². The molecule has 0 radical (unpaired) electrons. The normalized spacial score (nSPS) is 15.9. The molecule has 2 aromatic carbocycles. The highest BCUT2D eigenvalue weighted by atomic mass is 35.5. The van der Waals surface area contributed by atoms with E-state index in [0.29, 0.717) is 16.6 Å². The first-order chi connectivity index (χ1) is 10.5. The van der Waals surface area contributed by atoms with Crippen molar-refractivity contribution in [1.82, 2.24) is 5.32 Å². The van der Waals surface area contributed by atoms with E-state index in [4.69, 9.17) is 11.6 Å². The van der Waals surface area contributed by atoms with Crippen molar-refractivity contribution in [3.05, 3.63) is 75.4 Å². The summed E-state index contributed by atoms with van der Waals surface area (Å²) < 4.78 is 0. The van der Waals surface area contributed by atoms with Crippen LogP contribution < -0.4 is 5.32 Å². The van der Waals surface area contributed by atoms with E-state index < -0.39 is 0 Å². The molecule has 0 atom stereocenters. The van der Waals surface area contributed by atoms with Crippen LogP contribution in [-0.4, -0.2) is 11.7 Å². The van der Waals surface area contributed by atoms with Gasteiger partial charge in [0, 0.05) is 10.6 Å². The molecule has 0 saturated heterocycles. The summed E-state index contributed by atoms with van der Waals surface area (Å²) in [5.74, 6) is 0.365. The first-order valence-corrected chi connectivity index (χ1v) is 7.36. The summed E-state index contributed by atoms with van der Waals surface area (Å²) >= 11 is 5.88. The number of benzene rings is 2. The van der Waals surface area contributed by atoms with E-state index in [2.05, 4.69) is 16.4 Å². The van der Waals surface area contributed by atoms with Gasteiger partial charge in [-0.2, -0.15) is 0 Å². The lowest BCUT2D eigenvalue weighted by Gasteiger charge is -2.02. The number of aliphatic imine (C=N–C) groups is 1. The summed E-state index contributed by atoms with van der Waals surface area (Å²) in [6.07, 6.45) is 1.82. The molecule has 4 heteroatoms. The zero-order chi connectivity index (χ0) is 15.7. The lowest BCUT2D eigenvalue weighted by molar-refractivity contribution is -0.115. The van der Waals surface area contributed by atoms with Gasteiger partial charge in [-0.25, -0.2) is 4.99 Å². The van der Waals surface area contributed by atoms with Gasteiger partial charge >= 0.3 is 0 Å². The van der Waals surface area contributed by atoms with Gasteiger partial charge in [0.2, 0.25) is 0 Å².